The molecule has 0 N–H and O–H groups in total. The normalized spacial score (nSPS) is 13.6. The topological polar surface area (TPSA) is 3.24 Å². The summed E-state index contributed by atoms with van der Waals surface area (Å²) >= 11 is 0. The van der Waals surface area contributed by atoms with E-state index in [0.717, 1.165) is 0 Å². The number of hydrogen-bond acceptors (Lipinski definition) is 1. The van der Waals surface area contributed by atoms with Crippen LogP contribution in [0.4, 0.5) is 17.1 Å². The molecule has 35 heavy (non-hydrogen) atoms. The number of benzene rings is 5. The summed E-state index contributed by atoms with van der Waals surface area (Å²) in [4.78, 5) is 2.42. The van der Waals surface area contributed by atoms with Crippen molar-refractivity contribution in [1.82, 2.24) is 0 Å². The minimum Gasteiger partial charge on any atom is -0.310 e. The molecule has 172 valence electrons. The van der Waals surface area contributed by atoms with Gasteiger partial charge in [0.2, 0.25) is 0 Å². The minimum atomic E-state index is -0.0339. The monoisotopic (exact) mass is 453 g/mol. The molecule has 5 aromatic carbocycles. The fourth-order valence-electron chi connectivity index (χ4n) is 5.84. The van der Waals surface area contributed by atoms with Crippen LogP contribution in [0, 0.1) is 0 Å². The molecule has 0 saturated carbocycles. The van der Waals surface area contributed by atoms with Crippen molar-refractivity contribution in [2.75, 3.05) is 4.90 Å². The third kappa shape index (κ3) is 3.38. The van der Waals surface area contributed by atoms with Crippen molar-refractivity contribution in [3.63, 3.8) is 0 Å². The van der Waals surface area contributed by atoms with E-state index < -0.39 is 0 Å². The lowest BCUT2D eigenvalue weighted by Gasteiger charge is -2.29. The fourth-order valence-corrected chi connectivity index (χ4v) is 5.84. The van der Waals surface area contributed by atoms with E-state index in [1.54, 1.807) is 0 Å². The van der Waals surface area contributed by atoms with Crippen LogP contribution in [0.2, 0.25) is 0 Å². The van der Waals surface area contributed by atoms with Crippen LogP contribution in [0.15, 0.2) is 109 Å². The second-order valence-corrected chi connectivity index (χ2v) is 10.4. The van der Waals surface area contributed by atoms with Crippen molar-refractivity contribution in [3.8, 4) is 11.1 Å². The highest BCUT2D eigenvalue weighted by molar-refractivity contribution is 6.01. The zero-order valence-corrected chi connectivity index (χ0v) is 20.9. The lowest BCUT2D eigenvalue weighted by Crippen LogP contribution is -2.16. The minimum absolute atomic E-state index is 0.0339. The molecule has 6 rings (SSSR count). The van der Waals surface area contributed by atoms with Crippen molar-refractivity contribution < 1.29 is 0 Å². The summed E-state index contributed by atoms with van der Waals surface area (Å²) < 4.78 is 0. The van der Waals surface area contributed by atoms with E-state index in [2.05, 4.69) is 142 Å². The Kier molecular flexibility index (Phi) is 5.04. The zero-order chi connectivity index (χ0) is 24.2. The molecule has 1 nitrogen and oxygen atoms in total. The van der Waals surface area contributed by atoms with Crippen LogP contribution in [0.3, 0.4) is 0 Å². The van der Waals surface area contributed by atoms with Gasteiger partial charge in [-0.3, -0.25) is 0 Å². The Morgan fingerprint density at radius 3 is 2.00 bits per heavy atom. The molecular formula is C34H31N. The molecule has 0 spiro atoms. The molecule has 0 aliphatic heterocycles. The summed E-state index contributed by atoms with van der Waals surface area (Å²) in [5.41, 5.74) is 10.4. The third-order valence-corrected chi connectivity index (χ3v) is 7.64. The molecule has 1 aliphatic carbocycles. The smallest absolute Gasteiger partial charge is 0.0540 e. The van der Waals surface area contributed by atoms with Gasteiger partial charge >= 0.3 is 0 Å². The molecule has 0 amide bonds. The van der Waals surface area contributed by atoms with Crippen LogP contribution in [-0.4, -0.2) is 0 Å². The number of hydrogen-bond donors (Lipinski definition) is 0. The van der Waals surface area contributed by atoms with Gasteiger partial charge < -0.3 is 4.90 Å². The Bertz CT molecular complexity index is 1540. The predicted molar refractivity (Wildman–Crippen MR) is 150 cm³/mol. The molecule has 0 saturated heterocycles. The van der Waals surface area contributed by atoms with E-state index in [-0.39, 0.29) is 5.41 Å². The number of para-hydroxylation sites is 1. The Morgan fingerprint density at radius 1 is 0.571 bits per heavy atom. The van der Waals surface area contributed by atoms with Gasteiger partial charge in [-0.1, -0.05) is 107 Å². The van der Waals surface area contributed by atoms with E-state index in [9.17, 15) is 0 Å². The summed E-state index contributed by atoms with van der Waals surface area (Å²) in [5, 5.41) is 2.61. The molecule has 0 aromatic heterocycles. The van der Waals surface area contributed by atoms with Gasteiger partial charge in [-0.15, -0.1) is 0 Å². The van der Waals surface area contributed by atoms with Crippen LogP contribution < -0.4 is 4.90 Å². The highest BCUT2D eigenvalue weighted by Gasteiger charge is 2.35. The average Bonchev–Trinajstić information content (AvgIpc) is 3.11. The second-order valence-electron chi connectivity index (χ2n) is 10.4. The maximum absolute atomic E-state index is 2.42. The zero-order valence-electron chi connectivity index (χ0n) is 20.9. The standard InChI is InChI=1S/C34H31N/c1-23(2)26-20-21-33(30-16-9-8-14-27(26)30)35(24-12-6-5-7-13-24)25-18-19-29-28-15-10-11-17-31(28)34(3,4)32(29)22-25/h5-23H,1-4H3. The predicted octanol–water partition coefficient (Wildman–Crippen LogP) is 9.74. The van der Waals surface area contributed by atoms with Crippen molar-refractivity contribution in [1.29, 1.82) is 0 Å². The summed E-state index contributed by atoms with van der Waals surface area (Å²) in [6.07, 6.45) is 0. The summed E-state index contributed by atoms with van der Waals surface area (Å²) in [6, 6.07) is 40.1. The van der Waals surface area contributed by atoms with E-state index in [1.165, 1.54) is 55.7 Å². The van der Waals surface area contributed by atoms with E-state index in [0.29, 0.717) is 5.92 Å². The Hall–Kier alpha value is -3.84. The van der Waals surface area contributed by atoms with Gasteiger partial charge in [0, 0.05) is 22.2 Å². The molecule has 0 heterocycles. The van der Waals surface area contributed by atoms with Gasteiger partial charge in [0.15, 0.2) is 0 Å². The first-order valence-corrected chi connectivity index (χ1v) is 12.6. The fraction of sp³-hybridized carbons (Fsp3) is 0.176. The SMILES string of the molecule is CC(C)c1ccc(N(c2ccccc2)c2ccc3c(c2)C(C)(C)c2ccccc2-3)c2ccccc12. The molecule has 0 fully saturated rings. The van der Waals surface area contributed by atoms with Gasteiger partial charge in [0.1, 0.15) is 0 Å². The number of anilines is 3. The van der Waals surface area contributed by atoms with E-state index in [1.807, 2.05) is 0 Å². The first-order valence-electron chi connectivity index (χ1n) is 12.6. The van der Waals surface area contributed by atoms with Crippen LogP contribution >= 0.6 is 0 Å². The second kappa shape index (κ2) is 8.13. The molecule has 1 aliphatic rings. The molecule has 5 aromatic rings. The number of rotatable bonds is 4. The maximum Gasteiger partial charge on any atom is 0.0540 e. The lowest BCUT2D eigenvalue weighted by atomic mass is 9.82. The average molecular weight is 454 g/mol. The summed E-state index contributed by atoms with van der Waals surface area (Å²) in [5.74, 6) is 0.471. The van der Waals surface area contributed by atoms with Gasteiger partial charge in [0.05, 0.1) is 5.69 Å². The number of fused-ring (bicyclic) bond motifs is 4. The van der Waals surface area contributed by atoms with Crippen molar-refractivity contribution in [2.24, 2.45) is 0 Å². The third-order valence-electron chi connectivity index (χ3n) is 7.64. The van der Waals surface area contributed by atoms with E-state index in [4.69, 9.17) is 0 Å². The Morgan fingerprint density at radius 2 is 1.23 bits per heavy atom. The van der Waals surface area contributed by atoms with Crippen LogP contribution in [0.25, 0.3) is 21.9 Å². The first kappa shape index (κ1) is 21.7. The Balaban J connectivity index is 1.60. The van der Waals surface area contributed by atoms with Gasteiger partial charge in [-0.25, -0.2) is 0 Å². The van der Waals surface area contributed by atoms with Crippen LogP contribution in [0.1, 0.15) is 50.3 Å². The van der Waals surface area contributed by atoms with Gasteiger partial charge in [-0.05, 0) is 69.5 Å². The lowest BCUT2D eigenvalue weighted by molar-refractivity contribution is 0.660. The van der Waals surface area contributed by atoms with Gasteiger partial charge in [-0.2, -0.15) is 0 Å². The largest absolute Gasteiger partial charge is 0.310 e. The van der Waals surface area contributed by atoms with Crippen LogP contribution in [-0.2, 0) is 5.41 Å². The molecule has 0 unspecified atom stereocenters. The van der Waals surface area contributed by atoms with Crippen molar-refractivity contribution in [2.45, 2.75) is 39.0 Å². The molecule has 0 atom stereocenters. The van der Waals surface area contributed by atoms with Gasteiger partial charge in [0.25, 0.3) is 0 Å². The molecular weight excluding hydrogens is 422 g/mol. The van der Waals surface area contributed by atoms with E-state index >= 15 is 0 Å². The van der Waals surface area contributed by atoms with Crippen molar-refractivity contribution in [3.05, 3.63) is 126 Å². The van der Waals surface area contributed by atoms with Crippen LogP contribution in [0.5, 0.6) is 0 Å². The quantitative estimate of drug-likeness (QED) is 0.262. The molecule has 0 radical (unpaired) electrons. The maximum atomic E-state index is 2.42. The highest BCUT2D eigenvalue weighted by atomic mass is 15.1. The number of nitrogens with zero attached hydrogens (tertiary/aromatic N) is 1. The summed E-state index contributed by atoms with van der Waals surface area (Å²) in [7, 11) is 0. The highest BCUT2D eigenvalue weighted by Crippen LogP contribution is 2.51. The molecule has 0 bridgehead atoms. The summed E-state index contributed by atoms with van der Waals surface area (Å²) in [6.45, 7) is 9.25. The molecule has 1 heteroatoms. The van der Waals surface area contributed by atoms with Crippen molar-refractivity contribution >= 4 is 27.8 Å². The first-order chi connectivity index (χ1) is 17.0. The Labute approximate surface area is 208 Å².